The van der Waals surface area contributed by atoms with Crippen LogP contribution in [0.3, 0.4) is 0 Å². The summed E-state index contributed by atoms with van der Waals surface area (Å²) in [7, 11) is 6.71. The second-order valence-corrected chi connectivity index (χ2v) is 20.6. The first-order chi connectivity index (χ1) is 37.9. The van der Waals surface area contributed by atoms with Crippen molar-refractivity contribution in [1.29, 1.82) is 0 Å². The third-order valence-corrected chi connectivity index (χ3v) is 14.4. The lowest BCUT2D eigenvalue weighted by atomic mass is 9.87. The molecule has 0 bridgehead atoms. The molecular weight excluding hydrogens is 1080 g/mol. The molecule has 0 aliphatic carbocycles. The standard InChI is InChI=1S/C57H74BrN9O12/c1-8-57(37-70,44(41(34-69)36-77-7)32-48-52-40(33-65(48)6)31-43-45(58)15-12-16-46(43)61-52)79-56(76)67-28-26-66(27-29-67)55(75)78-35-39-20-22-42(23-21-39)60-53(73)47(17-13-24-59-4)62-54(74)51(38(2)3)63-49(71)18-10-9-11-25-64(5)50(72)19-14-30-68/h12,14-16,19-23,30-32,34,37-38,47,51,59H,8-11,13,17-18,24-29,33,35-36H2,1-7H3,(H,60,73)(H,62,74)(H,63,71)/b19-14-,44-41-,48-32-/t47?,51?,57-/m1/s1. The molecular formula is C57H74BrN9O12. The van der Waals surface area contributed by atoms with Gasteiger partial charge in [0.25, 0.3) is 0 Å². The van der Waals surface area contributed by atoms with Crippen LogP contribution in [0.4, 0.5) is 15.3 Å². The van der Waals surface area contributed by atoms with Crippen LogP contribution in [0, 0.1) is 5.92 Å². The van der Waals surface area contributed by atoms with Gasteiger partial charge in [0, 0.05) is 99.7 Å². The molecule has 3 aromatic rings. The summed E-state index contributed by atoms with van der Waals surface area (Å²) in [5.74, 6) is -1.82. The number of halogens is 1. The molecule has 22 heteroatoms. The van der Waals surface area contributed by atoms with Gasteiger partial charge < -0.3 is 55.1 Å². The second-order valence-electron chi connectivity index (χ2n) is 19.8. The van der Waals surface area contributed by atoms with E-state index in [2.05, 4.69) is 37.2 Å². The number of carbonyl (C=O) groups is 9. The number of benzene rings is 2. The predicted octanol–water partition coefficient (Wildman–Crippen LogP) is 5.70. The molecule has 6 amide bonds. The number of pyridine rings is 1. The van der Waals surface area contributed by atoms with Crippen LogP contribution in [0.5, 0.6) is 0 Å². The monoisotopic (exact) mass is 1160 g/mol. The molecule has 2 aliphatic heterocycles. The molecule has 1 aromatic heterocycles. The largest absolute Gasteiger partial charge is 0.445 e. The summed E-state index contributed by atoms with van der Waals surface area (Å²) >= 11 is 3.61. The molecule has 2 unspecified atom stereocenters. The summed E-state index contributed by atoms with van der Waals surface area (Å²) in [6, 6.07) is 12.6. The van der Waals surface area contributed by atoms with E-state index >= 15 is 0 Å². The summed E-state index contributed by atoms with van der Waals surface area (Å²) in [6.07, 6.45) is 7.17. The second kappa shape index (κ2) is 30.7. The maximum absolute atomic E-state index is 13.9. The molecule has 0 spiro atoms. The number of methoxy groups -OCH3 is 1. The predicted molar refractivity (Wildman–Crippen MR) is 301 cm³/mol. The van der Waals surface area contributed by atoms with Crippen molar-refractivity contribution in [3.63, 3.8) is 0 Å². The number of nitrogens with zero attached hydrogens (tertiary/aromatic N) is 5. The normalized spacial score (nSPS) is 15.7. The van der Waals surface area contributed by atoms with Crippen LogP contribution in [0.1, 0.15) is 82.5 Å². The maximum atomic E-state index is 13.9. The lowest BCUT2D eigenvalue weighted by Crippen LogP contribution is -2.54. The summed E-state index contributed by atoms with van der Waals surface area (Å²) < 4.78 is 18.0. The van der Waals surface area contributed by atoms with E-state index in [-0.39, 0.29) is 81.1 Å². The summed E-state index contributed by atoms with van der Waals surface area (Å²) in [4.78, 5) is 127. The number of amides is 6. The molecule has 3 heterocycles. The minimum Gasteiger partial charge on any atom is -0.445 e. The van der Waals surface area contributed by atoms with Crippen LogP contribution in [-0.4, -0.2) is 171 Å². The molecule has 0 radical (unpaired) electrons. The van der Waals surface area contributed by atoms with Crippen LogP contribution in [0.2, 0.25) is 0 Å². The van der Waals surface area contributed by atoms with Crippen molar-refractivity contribution in [1.82, 2.24) is 40.5 Å². The molecule has 5 rings (SSSR count). The lowest BCUT2D eigenvalue weighted by Gasteiger charge is -2.37. The first kappa shape index (κ1) is 62.5. The summed E-state index contributed by atoms with van der Waals surface area (Å²) in [6.45, 7) is 6.96. The van der Waals surface area contributed by atoms with Crippen LogP contribution < -0.4 is 21.3 Å². The van der Waals surface area contributed by atoms with Crippen molar-refractivity contribution in [3.05, 3.63) is 99.2 Å². The fourth-order valence-electron chi connectivity index (χ4n) is 9.09. The Labute approximate surface area is 470 Å². The van der Waals surface area contributed by atoms with E-state index in [0.717, 1.165) is 27.0 Å². The zero-order valence-corrected chi connectivity index (χ0v) is 47.7. The third-order valence-electron chi connectivity index (χ3n) is 13.7. The number of aldehydes is 3. The smallest absolute Gasteiger partial charge is 0.411 e. The molecule has 4 N–H and O–H groups in total. The van der Waals surface area contributed by atoms with Crippen LogP contribution in [-0.2, 0) is 60.9 Å². The number of piperazine rings is 1. The highest BCUT2D eigenvalue weighted by Crippen LogP contribution is 2.38. The molecule has 1 saturated heterocycles. The maximum Gasteiger partial charge on any atom is 0.411 e. The molecule has 21 nitrogen and oxygen atoms in total. The fourth-order valence-corrected chi connectivity index (χ4v) is 9.56. The Morgan fingerprint density at radius 2 is 1.62 bits per heavy atom. The summed E-state index contributed by atoms with van der Waals surface area (Å²) in [5, 5.41) is 12.5. The van der Waals surface area contributed by atoms with E-state index in [4.69, 9.17) is 19.2 Å². The number of allylic oxidation sites excluding steroid dienone is 1. The van der Waals surface area contributed by atoms with Crippen molar-refractivity contribution in [2.75, 3.05) is 79.4 Å². The molecule has 0 saturated carbocycles. The van der Waals surface area contributed by atoms with E-state index in [1.807, 2.05) is 36.2 Å². The van der Waals surface area contributed by atoms with Crippen molar-refractivity contribution >= 4 is 92.9 Å². The average Bonchev–Trinajstić information content (AvgIpc) is 3.79. The number of hydrogen-bond donors (Lipinski definition) is 4. The van der Waals surface area contributed by atoms with Gasteiger partial charge in [-0.25, -0.2) is 14.6 Å². The number of anilines is 1. The third kappa shape index (κ3) is 17.3. The molecule has 3 atom stereocenters. The molecule has 79 heavy (non-hydrogen) atoms. The molecule has 426 valence electrons. The van der Waals surface area contributed by atoms with Gasteiger partial charge >= 0.3 is 12.2 Å². The molecule has 1 fully saturated rings. The first-order valence-electron chi connectivity index (χ1n) is 26.5. The number of aromatic nitrogens is 1. The zero-order chi connectivity index (χ0) is 57.6. The van der Waals surface area contributed by atoms with E-state index in [0.29, 0.717) is 93.2 Å². The lowest BCUT2D eigenvalue weighted by molar-refractivity contribution is -0.132. The highest BCUT2D eigenvalue weighted by molar-refractivity contribution is 9.10. The van der Waals surface area contributed by atoms with Gasteiger partial charge in [0.05, 0.1) is 23.5 Å². The van der Waals surface area contributed by atoms with Crippen molar-refractivity contribution in [2.24, 2.45) is 5.92 Å². The number of likely N-dealkylation sites (N-methyl/N-ethyl adjacent to an activating group) is 1. The van der Waals surface area contributed by atoms with Gasteiger partial charge in [0.15, 0.2) is 11.9 Å². The van der Waals surface area contributed by atoms with Crippen molar-refractivity contribution < 1.29 is 57.4 Å². The van der Waals surface area contributed by atoms with Crippen molar-refractivity contribution in [2.45, 2.75) is 96.6 Å². The van der Waals surface area contributed by atoms with Crippen LogP contribution >= 0.6 is 15.9 Å². The number of ether oxygens (including phenoxy) is 3. The van der Waals surface area contributed by atoms with Crippen LogP contribution in [0.15, 0.2) is 82.4 Å². The SMILES string of the molecule is CC[C@](C=O)(OC(=O)N1CCN(C(=O)OCc2ccc(NC(=O)C(CCCNC)NC(=O)C(NC(=O)CCCCCN(C)C(=O)/C=C\C=O)C(C)C)cc2)CC1)C(/C=C1/c2nc3cccc(Br)c3cc2CN1C)=C(/C=O)COC. The van der Waals surface area contributed by atoms with E-state index in [1.54, 1.807) is 65.2 Å². The highest BCUT2D eigenvalue weighted by atomic mass is 79.9. The number of unbranched alkanes of at least 4 members (excludes halogenated alkanes) is 2. The first-order valence-corrected chi connectivity index (χ1v) is 27.3. The van der Waals surface area contributed by atoms with Gasteiger partial charge in [-0.15, -0.1) is 0 Å². The highest BCUT2D eigenvalue weighted by Gasteiger charge is 2.41. The Hall–Kier alpha value is -7.30. The van der Waals surface area contributed by atoms with E-state index < -0.39 is 41.7 Å². The zero-order valence-electron chi connectivity index (χ0n) is 46.1. The Bertz CT molecular complexity index is 2760. The average molecular weight is 1160 g/mol. The van der Waals surface area contributed by atoms with Gasteiger partial charge in [0.1, 0.15) is 31.3 Å². The number of nitrogens with one attached hydrogen (secondary N) is 4. The Kier molecular flexibility index (Phi) is 24.3. The fraction of sp³-hybridized carbons (Fsp3) is 0.474. The topological polar surface area (TPSA) is 255 Å². The number of rotatable bonds is 28. The van der Waals surface area contributed by atoms with E-state index in [9.17, 15) is 43.2 Å². The summed E-state index contributed by atoms with van der Waals surface area (Å²) in [5.41, 5.74) is 2.43. The van der Waals surface area contributed by atoms with Crippen LogP contribution in [0.25, 0.3) is 16.6 Å². The van der Waals surface area contributed by atoms with Gasteiger partial charge in [-0.2, -0.15) is 0 Å². The molecule has 2 aliphatic rings. The van der Waals surface area contributed by atoms with Crippen molar-refractivity contribution in [3.8, 4) is 0 Å². The van der Waals surface area contributed by atoms with Gasteiger partial charge in [-0.1, -0.05) is 61.3 Å². The van der Waals surface area contributed by atoms with Gasteiger partial charge in [-0.05, 0) is 105 Å². The number of fused-ring (bicyclic) bond motifs is 2. The quantitative estimate of drug-likeness (QED) is 0.0386. The van der Waals surface area contributed by atoms with Gasteiger partial charge in [-0.3, -0.25) is 33.6 Å². The Morgan fingerprint density at radius 3 is 2.25 bits per heavy atom. The minimum absolute atomic E-state index is 0.00613. The minimum atomic E-state index is -1.89. The molecule has 2 aromatic carbocycles. The number of hydrogen-bond acceptors (Lipinski definition) is 15. The van der Waals surface area contributed by atoms with E-state index in [1.165, 1.54) is 27.9 Å². The Morgan fingerprint density at radius 1 is 0.911 bits per heavy atom. The Balaban J connectivity index is 1.14. The van der Waals surface area contributed by atoms with Gasteiger partial charge in [0.2, 0.25) is 23.6 Å². The number of carbonyl (C=O) groups excluding carboxylic acids is 9.